The van der Waals surface area contributed by atoms with Crippen molar-refractivity contribution in [3.05, 3.63) is 121 Å². The van der Waals surface area contributed by atoms with E-state index in [1.165, 1.54) is 6.21 Å². The third-order valence-corrected chi connectivity index (χ3v) is 7.19. The first-order chi connectivity index (χ1) is 18.8. The molecule has 0 atom stereocenters. The Hall–Kier alpha value is -3.62. The summed E-state index contributed by atoms with van der Waals surface area (Å²) in [5.41, 5.74) is 5.29. The molecule has 0 aliphatic rings. The van der Waals surface area contributed by atoms with Crippen LogP contribution in [0, 0.1) is 0 Å². The number of benzene rings is 4. The van der Waals surface area contributed by atoms with Crippen molar-refractivity contribution in [2.24, 2.45) is 5.10 Å². The number of hydrogen-bond donors (Lipinski definition) is 2. The number of ether oxygens (including phenoxy) is 1. The van der Waals surface area contributed by atoms with Gasteiger partial charge in [0.2, 0.25) is 0 Å². The Balaban J connectivity index is 1.44. The van der Waals surface area contributed by atoms with Gasteiger partial charge in [-0.25, -0.2) is 10.2 Å². The fourth-order valence-electron chi connectivity index (χ4n) is 4.01. The Morgan fingerprint density at radius 1 is 0.872 bits per heavy atom. The molecule has 39 heavy (non-hydrogen) atoms. The van der Waals surface area contributed by atoms with E-state index < -0.39 is 11.9 Å². The summed E-state index contributed by atoms with van der Waals surface area (Å²) in [5.74, 6) is -0.884. The maximum absolute atomic E-state index is 13.3. The van der Waals surface area contributed by atoms with Crippen LogP contribution in [0.2, 0.25) is 15.1 Å². The number of aromatic nitrogens is 1. The molecular formula is C29H17BrCl3N3O3. The molecule has 0 fully saturated rings. The van der Waals surface area contributed by atoms with E-state index in [1.54, 1.807) is 60.7 Å². The average molecular weight is 642 g/mol. The quantitative estimate of drug-likeness (QED) is 0.0844. The van der Waals surface area contributed by atoms with E-state index in [-0.39, 0.29) is 22.0 Å². The molecule has 1 heterocycles. The van der Waals surface area contributed by atoms with Crippen LogP contribution in [0.25, 0.3) is 22.0 Å². The normalized spacial score (nSPS) is 11.2. The van der Waals surface area contributed by atoms with Gasteiger partial charge in [-0.15, -0.1) is 0 Å². The lowest BCUT2D eigenvalue weighted by Gasteiger charge is -2.08. The second-order valence-electron chi connectivity index (χ2n) is 8.27. The van der Waals surface area contributed by atoms with E-state index in [2.05, 4.69) is 31.4 Å². The summed E-state index contributed by atoms with van der Waals surface area (Å²) in [6, 6.07) is 24.2. The van der Waals surface area contributed by atoms with Crippen LogP contribution in [0.5, 0.6) is 5.75 Å². The molecule has 0 spiro atoms. The summed E-state index contributed by atoms with van der Waals surface area (Å²) < 4.78 is 6.29. The molecule has 0 bridgehead atoms. The van der Waals surface area contributed by atoms with Gasteiger partial charge in [0.15, 0.2) is 0 Å². The van der Waals surface area contributed by atoms with Crippen molar-refractivity contribution in [1.82, 2.24) is 10.4 Å². The van der Waals surface area contributed by atoms with E-state index in [0.717, 1.165) is 4.47 Å². The predicted molar refractivity (Wildman–Crippen MR) is 159 cm³/mol. The number of fused-ring (bicyclic) bond motifs is 1. The molecule has 6 nitrogen and oxygen atoms in total. The van der Waals surface area contributed by atoms with Gasteiger partial charge in [0, 0.05) is 31.6 Å². The molecule has 1 amide bonds. The van der Waals surface area contributed by atoms with Gasteiger partial charge in [-0.3, -0.25) is 4.79 Å². The van der Waals surface area contributed by atoms with Crippen molar-refractivity contribution in [3.63, 3.8) is 0 Å². The first-order valence-corrected chi connectivity index (χ1v) is 13.4. The molecule has 0 aliphatic carbocycles. The summed E-state index contributed by atoms with van der Waals surface area (Å²) in [6.07, 6.45) is 1.38. The third kappa shape index (κ3) is 5.72. The second kappa shape index (κ2) is 11.6. The molecule has 10 heteroatoms. The highest BCUT2D eigenvalue weighted by Crippen LogP contribution is 2.40. The Bertz CT molecular complexity index is 1770. The number of carbonyl (C=O) groups excluding carboxylic acids is 2. The van der Waals surface area contributed by atoms with Crippen LogP contribution in [-0.4, -0.2) is 23.1 Å². The summed E-state index contributed by atoms with van der Waals surface area (Å²) in [5, 5.41) is 6.01. The number of para-hydroxylation sites is 1. The van der Waals surface area contributed by atoms with Crippen LogP contribution in [0.1, 0.15) is 26.4 Å². The van der Waals surface area contributed by atoms with Crippen molar-refractivity contribution >= 4 is 79.7 Å². The molecule has 0 aliphatic heterocycles. The molecule has 1 aromatic heterocycles. The summed E-state index contributed by atoms with van der Waals surface area (Å²) in [7, 11) is 0. The molecule has 194 valence electrons. The molecule has 0 saturated carbocycles. The third-order valence-electron chi connectivity index (χ3n) is 5.78. The molecule has 5 aromatic rings. The van der Waals surface area contributed by atoms with Crippen LogP contribution in [0.4, 0.5) is 0 Å². The van der Waals surface area contributed by atoms with Crippen molar-refractivity contribution < 1.29 is 14.3 Å². The minimum Gasteiger partial charge on any atom is -0.422 e. The number of hydrazone groups is 1. The molecule has 2 N–H and O–H groups in total. The minimum atomic E-state index is -0.615. The zero-order chi connectivity index (χ0) is 27.5. The van der Waals surface area contributed by atoms with Gasteiger partial charge in [0.25, 0.3) is 5.91 Å². The number of halogens is 4. The largest absolute Gasteiger partial charge is 0.422 e. The number of hydrogen-bond acceptors (Lipinski definition) is 4. The van der Waals surface area contributed by atoms with E-state index >= 15 is 0 Å². The number of nitrogens with one attached hydrogen (secondary N) is 2. The molecular weight excluding hydrogens is 625 g/mol. The first kappa shape index (κ1) is 27.0. The zero-order valence-corrected chi connectivity index (χ0v) is 23.7. The Morgan fingerprint density at radius 3 is 2.33 bits per heavy atom. The lowest BCUT2D eigenvalue weighted by molar-refractivity contribution is 0.0734. The minimum absolute atomic E-state index is 0.230. The zero-order valence-electron chi connectivity index (χ0n) is 19.8. The lowest BCUT2D eigenvalue weighted by Crippen LogP contribution is -2.19. The summed E-state index contributed by atoms with van der Waals surface area (Å²) >= 11 is 22.6. The number of aromatic amines is 1. The van der Waals surface area contributed by atoms with E-state index in [9.17, 15) is 9.59 Å². The van der Waals surface area contributed by atoms with Gasteiger partial charge in [-0.1, -0.05) is 93.2 Å². The fraction of sp³-hybridized carbons (Fsp3) is 0. The fourth-order valence-corrected chi connectivity index (χ4v) is 5.31. The number of carbonyl (C=O) groups is 2. The van der Waals surface area contributed by atoms with Crippen LogP contribution in [0.15, 0.2) is 94.5 Å². The van der Waals surface area contributed by atoms with Crippen molar-refractivity contribution in [2.75, 3.05) is 0 Å². The van der Waals surface area contributed by atoms with Gasteiger partial charge >= 0.3 is 5.97 Å². The van der Waals surface area contributed by atoms with Crippen molar-refractivity contribution in [1.29, 1.82) is 0 Å². The molecule has 4 aromatic carbocycles. The van der Waals surface area contributed by atoms with Crippen LogP contribution in [0.3, 0.4) is 0 Å². The maximum Gasteiger partial charge on any atom is 0.345 e. The monoisotopic (exact) mass is 639 g/mol. The van der Waals surface area contributed by atoms with Gasteiger partial charge in [-0.05, 0) is 42.5 Å². The predicted octanol–water partition coefficient (Wildman–Crippen LogP) is 8.54. The second-order valence-corrected chi connectivity index (χ2v) is 10.4. The standard InChI is InChI=1S/C29H17BrCl3N3O3/c30-17-13-20-25(18-8-2-4-10-21(18)31)27(35-26(20)23(33)14-17)28(37)36-34-15-16-7-1-6-12-24(16)39-29(38)19-9-3-5-11-22(19)32/h1-15,35H,(H,36,37). The Labute approximate surface area is 246 Å². The average Bonchev–Trinajstić information content (AvgIpc) is 3.29. The first-order valence-electron chi connectivity index (χ1n) is 11.5. The lowest BCUT2D eigenvalue weighted by atomic mass is 10.0. The van der Waals surface area contributed by atoms with Crippen molar-refractivity contribution in [3.8, 4) is 16.9 Å². The van der Waals surface area contributed by atoms with E-state index in [0.29, 0.717) is 37.6 Å². The van der Waals surface area contributed by atoms with Gasteiger partial charge < -0.3 is 9.72 Å². The smallest absolute Gasteiger partial charge is 0.345 e. The SMILES string of the molecule is O=C(Oc1ccccc1C=NNC(=O)c1[nH]c2c(Cl)cc(Br)cc2c1-c1ccccc1Cl)c1ccccc1Cl. The summed E-state index contributed by atoms with van der Waals surface area (Å²) in [6.45, 7) is 0. The topological polar surface area (TPSA) is 83.5 Å². The Morgan fingerprint density at radius 2 is 1.56 bits per heavy atom. The molecule has 0 saturated heterocycles. The highest BCUT2D eigenvalue weighted by Gasteiger charge is 2.22. The van der Waals surface area contributed by atoms with Gasteiger partial charge in [0.1, 0.15) is 11.4 Å². The van der Waals surface area contributed by atoms with Crippen LogP contribution < -0.4 is 10.2 Å². The number of rotatable bonds is 6. The van der Waals surface area contributed by atoms with E-state index in [1.807, 2.05) is 24.3 Å². The Kier molecular flexibility index (Phi) is 8.04. The number of nitrogens with zero attached hydrogens (tertiary/aromatic N) is 1. The number of amides is 1. The maximum atomic E-state index is 13.3. The number of H-pyrrole nitrogens is 1. The van der Waals surface area contributed by atoms with Gasteiger partial charge in [-0.2, -0.15) is 5.10 Å². The van der Waals surface area contributed by atoms with Gasteiger partial charge in [0.05, 0.1) is 27.3 Å². The van der Waals surface area contributed by atoms with Crippen LogP contribution >= 0.6 is 50.7 Å². The highest BCUT2D eigenvalue weighted by molar-refractivity contribution is 9.10. The van der Waals surface area contributed by atoms with Crippen molar-refractivity contribution in [2.45, 2.75) is 0 Å². The number of esters is 1. The molecule has 5 rings (SSSR count). The highest BCUT2D eigenvalue weighted by atomic mass is 79.9. The van der Waals surface area contributed by atoms with E-state index in [4.69, 9.17) is 39.5 Å². The molecule has 0 radical (unpaired) electrons. The van der Waals surface area contributed by atoms with Crippen LogP contribution in [-0.2, 0) is 0 Å². The summed E-state index contributed by atoms with van der Waals surface area (Å²) in [4.78, 5) is 29.1. The molecule has 0 unspecified atom stereocenters.